The zero-order chi connectivity index (χ0) is 43.8. The van der Waals surface area contributed by atoms with E-state index in [1.54, 1.807) is 44.2 Å². The molecular formula is C42H39Br3N6O9. The Bertz CT molecular complexity index is 2400. The number of halogens is 3. The van der Waals surface area contributed by atoms with Gasteiger partial charge in [-0.1, -0.05) is 139 Å². The Morgan fingerprint density at radius 2 is 0.900 bits per heavy atom. The maximum absolute atomic E-state index is 11.2. The van der Waals surface area contributed by atoms with E-state index in [2.05, 4.69) is 53.1 Å². The minimum absolute atomic E-state index is 0.0115. The summed E-state index contributed by atoms with van der Waals surface area (Å²) in [5.41, 5.74) is 9.37. The summed E-state index contributed by atoms with van der Waals surface area (Å²) in [5.74, 6) is 1.22. The Morgan fingerprint density at radius 3 is 1.30 bits per heavy atom. The van der Waals surface area contributed by atoms with Crippen molar-refractivity contribution < 1.29 is 29.0 Å². The topological polar surface area (TPSA) is 198 Å². The average Bonchev–Trinajstić information content (AvgIpc) is 3.23. The van der Waals surface area contributed by atoms with E-state index in [9.17, 15) is 30.3 Å². The first-order valence-electron chi connectivity index (χ1n) is 17.7. The highest BCUT2D eigenvalue weighted by atomic mass is 79.9. The van der Waals surface area contributed by atoms with Gasteiger partial charge >= 0.3 is 0 Å². The molecule has 312 valence electrons. The van der Waals surface area contributed by atoms with E-state index in [4.69, 9.17) is 19.9 Å². The summed E-state index contributed by atoms with van der Waals surface area (Å²) in [7, 11) is 5.14. The SMILES string of the molecule is CN(C)c1c(OCc2ccccc2)cc(Br)cc1[N+](=O)[O-].CNc1c(OCc2ccccc2)cc(Br)cc1[N+](=O)[O-].Nc1c(OCc2ccccc2)cc(Br)cc1[N+](=O)[O-]. The van der Waals surface area contributed by atoms with Crippen molar-refractivity contribution in [1.82, 2.24) is 0 Å². The van der Waals surface area contributed by atoms with Gasteiger partial charge in [0.2, 0.25) is 0 Å². The Morgan fingerprint density at radius 1 is 0.550 bits per heavy atom. The van der Waals surface area contributed by atoms with Gasteiger partial charge in [-0.2, -0.15) is 0 Å². The van der Waals surface area contributed by atoms with E-state index in [1.807, 2.05) is 91.0 Å². The summed E-state index contributed by atoms with van der Waals surface area (Å²) >= 11 is 9.75. The molecule has 3 N–H and O–H groups in total. The van der Waals surface area contributed by atoms with E-state index in [0.29, 0.717) is 61.9 Å². The Balaban J connectivity index is 0.000000199. The lowest BCUT2D eigenvalue weighted by Gasteiger charge is -2.18. The molecule has 0 radical (unpaired) electrons. The number of ether oxygens (including phenoxy) is 3. The number of anilines is 3. The van der Waals surface area contributed by atoms with Gasteiger partial charge in [-0.15, -0.1) is 0 Å². The van der Waals surface area contributed by atoms with Gasteiger partial charge in [-0.3, -0.25) is 30.3 Å². The number of benzene rings is 6. The number of nitrogens with two attached hydrogens (primary N) is 1. The molecule has 18 heteroatoms. The first kappa shape index (κ1) is 46.4. The fraction of sp³-hybridized carbons (Fsp3) is 0.143. The largest absolute Gasteiger partial charge is 0.486 e. The van der Waals surface area contributed by atoms with Crippen LogP contribution in [0.3, 0.4) is 0 Å². The van der Waals surface area contributed by atoms with Crippen molar-refractivity contribution in [2.45, 2.75) is 19.8 Å². The first-order chi connectivity index (χ1) is 28.7. The first-order valence-corrected chi connectivity index (χ1v) is 20.1. The third-order valence-electron chi connectivity index (χ3n) is 8.15. The van der Waals surface area contributed by atoms with Gasteiger partial charge in [0, 0.05) is 52.8 Å². The lowest BCUT2D eigenvalue weighted by atomic mass is 10.2. The average molecular weight is 1010 g/mol. The number of nitrogens with one attached hydrogen (secondary N) is 1. The normalized spacial score (nSPS) is 10.2. The Hall–Kier alpha value is -6.24. The van der Waals surface area contributed by atoms with Gasteiger partial charge in [0.05, 0.1) is 14.8 Å². The molecule has 6 aromatic carbocycles. The maximum atomic E-state index is 11.2. The summed E-state index contributed by atoms with van der Waals surface area (Å²) in [6.07, 6.45) is 0. The molecule has 0 saturated carbocycles. The van der Waals surface area contributed by atoms with Crippen LogP contribution in [0, 0.1) is 30.3 Å². The molecule has 0 heterocycles. The molecule has 0 saturated heterocycles. The van der Waals surface area contributed by atoms with Crippen LogP contribution in [0.4, 0.5) is 34.1 Å². The summed E-state index contributed by atoms with van der Waals surface area (Å²) < 4.78 is 18.8. The molecule has 0 atom stereocenters. The van der Waals surface area contributed by atoms with Crippen LogP contribution < -0.4 is 30.2 Å². The second-order valence-electron chi connectivity index (χ2n) is 12.6. The standard InChI is InChI=1S/C15H15BrN2O3.C14H13BrN2O3.C13H11BrN2O3/c1-17(2)15-13(18(19)20)8-12(16)9-14(15)21-10-11-6-4-3-5-7-11;1-16-14-12(17(18)19)7-11(15)8-13(14)20-9-10-5-3-2-4-6-10;14-10-6-11(16(17)18)13(15)12(7-10)19-8-9-4-2-1-3-5-9/h3-9H,10H2,1-2H3;2-8,16H,9H2,1H3;1-7H,8,15H2. The molecule has 0 fully saturated rings. The van der Waals surface area contributed by atoms with E-state index < -0.39 is 14.8 Å². The third-order valence-corrected chi connectivity index (χ3v) is 9.52. The van der Waals surface area contributed by atoms with Crippen molar-refractivity contribution in [3.05, 3.63) is 188 Å². The van der Waals surface area contributed by atoms with Crippen LogP contribution in [0.2, 0.25) is 0 Å². The molecular weight excluding hydrogens is 972 g/mol. The molecule has 60 heavy (non-hydrogen) atoms. The van der Waals surface area contributed by atoms with E-state index in [-0.39, 0.29) is 22.7 Å². The van der Waals surface area contributed by atoms with Crippen molar-refractivity contribution in [3.8, 4) is 17.2 Å². The van der Waals surface area contributed by atoms with Crippen molar-refractivity contribution in [3.63, 3.8) is 0 Å². The van der Waals surface area contributed by atoms with Gasteiger partial charge in [0.1, 0.15) is 19.8 Å². The number of hydrogen-bond donors (Lipinski definition) is 2. The second-order valence-corrected chi connectivity index (χ2v) is 15.4. The number of nitro benzene ring substituents is 3. The van der Waals surface area contributed by atoms with Crippen LogP contribution in [0.25, 0.3) is 0 Å². The van der Waals surface area contributed by atoms with Gasteiger partial charge in [-0.25, -0.2) is 0 Å². The van der Waals surface area contributed by atoms with Gasteiger partial charge in [0.15, 0.2) is 34.3 Å². The molecule has 0 amide bonds. The molecule has 0 aliphatic carbocycles. The predicted molar refractivity (Wildman–Crippen MR) is 243 cm³/mol. The van der Waals surface area contributed by atoms with Crippen molar-refractivity contribution >= 4 is 81.9 Å². The quantitative estimate of drug-likeness (QED) is 0.0595. The van der Waals surface area contributed by atoms with E-state index >= 15 is 0 Å². The highest BCUT2D eigenvalue weighted by molar-refractivity contribution is 9.11. The van der Waals surface area contributed by atoms with E-state index in [1.165, 1.54) is 18.2 Å². The molecule has 0 aliphatic heterocycles. The van der Waals surface area contributed by atoms with Crippen LogP contribution in [-0.2, 0) is 19.8 Å². The fourth-order valence-corrected chi connectivity index (χ4v) is 6.67. The lowest BCUT2D eigenvalue weighted by molar-refractivity contribution is -0.384. The molecule has 0 bridgehead atoms. The number of nitrogen functional groups attached to an aromatic ring is 1. The summed E-state index contributed by atoms with van der Waals surface area (Å²) in [5, 5.41) is 35.9. The molecule has 6 rings (SSSR count). The number of nitro groups is 3. The Kier molecular flexibility index (Phi) is 17.6. The molecule has 0 aliphatic rings. The van der Waals surface area contributed by atoms with Crippen LogP contribution in [0.15, 0.2) is 141 Å². The molecule has 0 aromatic heterocycles. The summed E-state index contributed by atoms with van der Waals surface area (Å²) in [6, 6.07) is 38.1. The van der Waals surface area contributed by atoms with Gasteiger partial charge < -0.3 is 30.2 Å². The van der Waals surface area contributed by atoms with Crippen molar-refractivity contribution in [2.75, 3.05) is 37.1 Å². The van der Waals surface area contributed by atoms with Crippen molar-refractivity contribution in [2.24, 2.45) is 0 Å². The smallest absolute Gasteiger partial charge is 0.297 e. The zero-order valence-electron chi connectivity index (χ0n) is 32.4. The van der Waals surface area contributed by atoms with Crippen LogP contribution in [0.5, 0.6) is 17.2 Å². The predicted octanol–water partition coefficient (Wildman–Crippen LogP) is 11.5. The van der Waals surface area contributed by atoms with E-state index in [0.717, 1.165) is 16.7 Å². The summed E-state index contributed by atoms with van der Waals surface area (Å²) in [6.45, 7) is 1.01. The molecule has 15 nitrogen and oxygen atoms in total. The number of hydrogen-bond acceptors (Lipinski definition) is 12. The maximum Gasteiger partial charge on any atom is 0.297 e. The lowest BCUT2D eigenvalue weighted by Crippen LogP contribution is -2.13. The molecule has 6 aromatic rings. The molecule has 0 unspecified atom stereocenters. The highest BCUT2D eigenvalue weighted by Gasteiger charge is 2.23. The highest BCUT2D eigenvalue weighted by Crippen LogP contribution is 2.41. The van der Waals surface area contributed by atoms with Crippen LogP contribution in [-0.4, -0.2) is 35.9 Å². The minimum atomic E-state index is -0.532. The third kappa shape index (κ3) is 13.7. The number of rotatable bonds is 14. The Labute approximate surface area is 370 Å². The van der Waals surface area contributed by atoms with Gasteiger partial charge in [0.25, 0.3) is 17.1 Å². The summed E-state index contributed by atoms with van der Waals surface area (Å²) in [4.78, 5) is 33.4. The van der Waals surface area contributed by atoms with Gasteiger partial charge in [-0.05, 0) is 34.9 Å². The van der Waals surface area contributed by atoms with Crippen LogP contribution in [0.1, 0.15) is 16.7 Å². The van der Waals surface area contributed by atoms with Crippen molar-refractivity contribution in [1.29, 1.82) is 0 Å². The number of nitrogens with zero attached hydrogens (tertiary/aromatic N) is 4. The van der Waals surface area contributed by atoms with Crippen LogP contribution >= 0.6 is 47.8 Å². The monoisotopic (exact) mass is 1010 g/mol. The minimum Gasteiger partial charge on any atom is -0.486 e. The fourth-order valence-electron chi connectivity index (χ4n) is 5.39. The zero-order valence-corrected chi connectivity index (χ0v) is 37.2. The molecule has 0 spiro atoms. The second kappa shape index (κ2) is 22.8.